The first kappa shape index (κ1) is 12.8. The van der Waals surface area contributed by atoms with E-state index in [9.17, 15) is 0 Å². The second-order valence-electron chi connectivity index (χ2n) is 2.42. The third-order valence-corrected chi connectivity index (χ3v) is 3.61. The van der Waals surface area contributed by atoms with Crippen molar-refractivity contribution in [1.29, 1.82) is 0 Å². The van der Waals surface area contributed by atoms with E-state index < -0.39 is 0 Å². The molecule has 0 heterocycles. The summed E-state index contributed by atoms with van der Waals surface area (Å²) in [6, 6.07) is 0. The maximum absolute atomic E-state index is 2.30. The predicted octanol–water partition coefficient (Wildman–Crippen LogP) is 3.50. The van der Waals surface area contributed by atoms with Gasteiger partial charge in [0.05, 0.1) is 0 Å². The van der Waals surface area contributed by atoms with Crippen LogP contribution >= 0.6 is 17.0 Å². The average Bonchev–Trinajstić information content (AvgIpc) is 1.83. The molecule has 0 saturated heterocycles. The number of hydrogen-bond acceptors (Lipinski definition) is 0. The van der Waals surface area contributed by atoms with E-state index in [0.717, 1.165) is 4.51 Å². The topological polar surface area (TPSA) is 0 Å². The van der Waals surface area contributed by atoms with Crippen LogP contribution in [0.15, 0.2) is 0 Å². The van der Waals surface area contributed by atoms with E-state index in [-0.39, 0.29) is 17.0 Å². The summed E-state index contributed by atoms with van der Waals surface area (Å²) < 4.78 is 1.08. The Morgan fingerprint density at radius 1 is 1.33 bits per heavy atom. The number of hydrogen-bond donors (Lipinski definition) is 0. The molecule has 1 unspecified atom stereocenters. The first-order chi connectivity index (χ1) is 3.81. The molecular formula is C7H16BrZn. The van der Waals surface area contributed by atoms with Crippen LogP contribution in [0.5, 0.6) is 0 Å². The Bertz CT molecular complexity index is 48.2. The van der Waals surface area contributed by atoms with Crippen LogP contribution in [-0.4, -0.2) is 0 Å². The second kappa shape index (κ2) is 9.10. The van der Waals surface area contributed by atoms with Crippen molar-refractivity contribution in [2.45, 2.75) is 44.0 Å². The minimum atomic E-state index is 0. The molecule has 0 aromatic heterocycles. The molecular weight excluding hydrogens is 229 g/mol. The minimum absolute atomic E-state index is 0. The monoisotopic (exact) mass is 243 g/mol. The van der Waals surface area contributed by atoms with E-state index in [2.05, 4.69) is 13.8 Å². The van der Waals surface area contributed by atoms with Crippen LogP contribution in [0.2, 0.25) is 4.51 Å². The first-order valence-electron chi connectivity index (χ1n) is 3.64. The van der Waals surface area contributed by atoms with E-state index in [1.807, 2.05) is 0 Å². The van der Waals surface area contributed by atoms with Gasteiger partial charge in [-0.3, -0.25) is 0 Å². The fourth-order valence-electron chi connectivity index (χ4n) is 0.697. The molecule has 0 aliphatic carbocycles. The summed E-state index contributed by atoms with van der Waals surface area (Å²) in [5.74, 6) is 0. The SMILES string of the molecule is Br.CCCC[CH]([Zn])CC. The summed E-state index contributed by atoms with van der Waals surface area (Å²) in [5.41, 5.74) is 0. The van der Waals surface area contributed by atoms with Crippen molar-refractivity contribution >= 4 is 17.0 Å². The van der Waals surface area contributed by atoms with Gasteiger partial charge in [0.25, 0.3) is 0 Å². The van der Waals surface area contributed by atoms with Crippen LogP contribution in [0.1, 0.15) is 39.5 Å². The Balaban J connectivity index is 0. The Kier molecular flexibility index (Phi) is 12.9. The summed E-state index contributed by atoms with van der Waals surface area (Å²) in [7, 11) is 0. The van der Waals surface area contributed by atoms with Crippen LogP contribution in [0.25, 0.3) is 0 Å². The first-order valence-corrected chi connectivity index (χ1v) is 5.35. The molecule has 0 fully saturated rings. The van der Waals surface area contributed by atoms with Crippen LogP contribution in [0.3, 0.4) is 0 Å². The second-order valence-corrected chi connectivity index (χ2v) is 4.84. The van der Waals surface area contributed by atoms with Crippen molar-refractivity contribution in [1.82, 2.24) is 0 Å². The van der Waals surface area contributed by atoms with Crippen molar-refractivity contribution < 1.29 is 18.3 Å². The van der Waals surface area contributed by atoms with E-state index >= 15 is 0 Å². The van der Waals surface area contributed by atoms with Crippen molar-refractivity contribution in [3.8, 4) is 0 Å². The van der Waals surface area contributed by atoms with Gasteiger partial charge in [0.15, 0.2) is 0 Å². The third kappa shape index (κ3) is 9.10. The molecule has 1 atom stereocenters. The molecule has 0 radical (unpaired) electrons. The molecule has 0 bridgehead atoms. The average molecular weight is 245 g/mol. The van der Waals surface area contributed by atoms with Gasteiger partial charge in [-0.1, -0.05) is 0 Å². The normalized spacial score (nSPS) is 12.4. The predicted molar refractivity (Wildman–Crippen MR) is 43.9 cm³/mol. The molecule has 0 spiro atoms. The molecule has 0 amide bonds. The molecule has 0 aliphatic heterocycles. The van der Waals surface area contributed by atoms with Crippen molar-refractivity contribution in [3.63, 3.8) is 0 Å². The summed E-state index contributed by atoms with van der Waals surface area (Å²) in [4.78, 5) is 0. The van der Waals surface area contributed by atoms with Crippen molar-refractivity contribution in [3.05, 3.63) is 0 Å². The Labute approximate surface area is 79.2 Å². The van der Waals surface area contributed by atoms with Crippen LogP contribution in [0, 0.1) is 0 Å². The standard InChI is InChI=1S/C7H15.BrH.Zn/c1-3-5-7-6-4-2;;/h5H,3-4,6-7H2,1-2H3;1H;. The zero-order chi connectivity index (χ0) is 6.41. The zero-order valence-corrected chi connectivity index (χ0v) is 11.2. The van der Waals surface area contributed by atoms with Crippen molar-refractivity contribution in [2.24, 2.45) is 0 Å². The fourth-order valence-corrected chi connectivity index (χ4v) is 1.30. The molecule has 0 rings (SSSR count). The number of unbranched alkanes of at least 4 members (excludes halogenated alkanes) is 1. The quantitative estimate of drug-likeness (QED) is 0.665. The van der Waals surface area contributed by atoms with Crippen LogP contribution in [-0.2, 0) is 18.3 Å². The third-order valence-electron chi connectivity index (χ3n) is 1.54. The van der Waals surface area contributed by atoms with Gasteiger partial charge in [-0.15, -0.1) is 17.0 Å². The van der Waals surface area contributed by atoms with E-state index in [4.69, 9.17) is 0 Å². The van der Waals surface area contributed by atoms with Crippen molar-refractivity contribution in [2.75, 3.05) is 0 Å². The van der Waals surface area contributed by atoms with Gasteiger partial charge in [0.2, 0.25) is 0 Å². The van der Waals surface area contributed by atoms with Gasteiger partial charge < -0.3 is 0 Å². The molecule has 0 saturated carbocycles. The molecule has 0 aromatic rings. The van der Waals surface area contributed by atoms with E-state index in [1.165, 1.54) is 44.0 Å². The molecule has 0 aromatic carbocycles. The van der Waals surface area contributed by atoms with Gasteiger partial charge >= 0.3 is 62.3 Å². The Hall–Kier alpha value is 1.10. The molecule has 0 N–H and O–H groups in total. The summed E-state index contributed by atoms with van der Waals surface area (Å²) >= 11 is 1.50. The van der Waals surface area contributed by atoms with E-state index in [1.54, 1.807) is 0 Å². The summed E-state index contributed by atoms with van der Waals surface area (Å²) in [6.45, 7) is 4.56. The van der Waals surface area contributed by atoms with Gasteiger partial charge in [0, 0.05) is 0 Å². The zero-order valence-electron chi connectivity index (χ0n) is 6.52. The van der Waals surface area contributed by atoms with Gasteiger partial charge in [-0.2, -0.15) is 0 Å². The molecule has 9 heavy (non-hydrogen) atoms. The van der Waals surface area contributed by atoms with Crippen LogP contribution in [0.4, 0.5) is 0 Å². The van der Waals surface area contributed by atoms with Gasteiger partial charge in [-0.05, 0) is 0 Å². The molecule has 0 aliphatic rings. The summed E-state index contributed by atoms with van der Waals surface area (Å²) in [5, 5.41) is 0. The Morgan fingerprint density at radius 3 is 2.22 bits per heavy atom. The molecule has 0 nitrogen and oxygen atoms in total. The Morgan fingerprint density at radius 2 is 1.89 bits per heavy atom. The summed E-state index contributed by atoms with van der Waals surface area (Å²) in [6.07, 6.45) is 5.70. The fraction of sp³-hybridized carbons (Fsp3) is 1.00. The van der Waals surface area contributed by atoms with Gasteiger partial charge in [-0.25, -0.2) is 0 Å². The van der Waals surface area contributed by atoms with Crippen LogP contribution < -0.4 is 0 Å². The number of rotatable bonds is 4. The maximum atomic E-state index is 2.30. The van der Waals surface area contributed by atoms with Gasteiger partial charge in [0.1, 0.15) is 0 Å². The molecule has 2 heteroatoms. The van der Waals surface area contributed by atoms with E-state index in [0.29, 0.717) is 0 Å². The number of halogens is 1. The molecule has 53 valence electrons.